The molecule has 14 heavy (non-hydrogen) atoms. The van der Waals surface area contributed by atoms with E-state index in [9.17, 15) is 0 Å². The highest BCUT2D eigenvalue weighted by Gasteiger charge is 1.99. The molecule has 0 aromatic carbocycles. The first kappa shape index (κ1) is 12.8. The van der Waals surface area contributed by atoms with Crippen molar-refractivity contribution < 1.29 is 0 Å². The Morgan fingerprint density at radius 2 is 2.21 bits per heavy atom. The zero-order valence-corrected chi connectivity index (χ0v) is 8.87. The van der Waals surface area contributed by atoms with Gasteiger partial charge in [0.1, 0.15) is 0 Å². The van der Waals surface area contributed by atoms with Gasteiger partial charge in [0, 0.05) is 12.6 Å². The predicted octanol–water partition coefficient (Wildman–Crippen LogP) is 1.25. The van der Waals surface area contributed by atoms with Crippen molar-refractivity contribution in [1.29, 1.82) is 0 Å². The van der Waals surface area contributed by atoms with Crippen LogP contribution in [0, 0.1) is 0 Å². The molecule has 5 N–H and O–H groups in total. The molecular weight excluding hydrogens is 174 g/mol. The van der Waals surface area contributed by atoms with Crippen LogP contribution in [0.25, 0.3) is 0 Å². The van der Waals surface area contributed by atoms with Crippen molar-refractivity contribution in [2.45, 2.75) is 25.8 Å². The summed E-state index contributed by atoms with van der Waals surface area (Å²) in [6.07, 6.45) is 9.26. The standard InChI is InChI=1S/C11H21N3/c1-3-5-6-8-11(13)14-9-10(12)7-4-2/h3,5-6,8,10,14H,1,4,7,9,12-13H2,2H3/b6-5-,11-8+/t10-/m0/s1. The molecular formula is C11H21N3. The third-order valence-corrected chi connectivity index (χ3v) is 1.75. The molecule has 0 radical (unpaired) electrons. The summed E-state index contributed by atoms with van der Waals surface area (Å²) >= 11 is 0. The molecule has 1 atom stereocenters. The van der Waals surface area contributed by atoms with Crippen LogP contribution in [0.1, 0.15) is 19.8 Å². The van der Waals surface area contributed by atoms with Crippen LogP contribution in [-0.2, 0) is 0 Å². The highest BCUT2D eigenvalue weighted by atomic mass is 15.0. The Kier molecular flexibility index (Phi) is 7.65. The summed E-state index contributed by atoms with van der Waals surface area (Å²) in [6.45, 7) is 6.40. The van der Waals surface area contributed by atoms with Gasteiger partial charge in [-0.3, -0.25) is 0 Å². The fourth-order valence-electron chi connectivity index (χ4n) is 1.02. The molecule has 0 aliphatic rings. The van der Waals surface area contributed by atoms with E-state index in [1.165, 1.54) is 0 Å². The summed E-state index contributed by atoms with van der Waals surface area (Å²) in [5, 5.41) is 3.05. The van der Waals surface area contributed by atoms with E-state index in [-0.39, 0.29) is 6.04 Å². The zero-order chi connectivity index (χ0) is 10.8. The molecule has 0 unspecified atom stereocenters. The van der Waals surface area contributed by atoms with Gasteiger partial charge in [-0.1, -0.05) is 38.2 Å². The van der Waals surface area contributed by atoms with Crippen LogP contribution >= 0.6 is 0 Å². The number of nitrogens with two attached hydrogens (primary N) is 2. The maximum atomic E-state index is 5.81. The van der Waals surface area contributed by atoms with E-state index in [2.05, 4.69) is 18.8 Å². The molecule has 0 spiro atoms. The van der Waals surface area contributed by atoms with E-state index in [1.807, 2.05) is 12.2 Å². The minimum atomic E-state index is 0.176. The number of nitrogens with one attached hydrogen (secondary N) is 1. The van der Waals surface area contributed by atoms with Gasteiger partial charge in [0.15, 0.2) is 0 Å². The number of hydrogen-bond acceptors (Lipinski definition) is 3. The second kappa shape index (κ2) is 8.38. The van der Waals surface area contributed by atoms with Gasteiger partial charge in [-0.15, -0.1) is 0 Å². The second-order valence-electron chi connectivity index (χ2n) is 3.17. The minimum Gasteiger partial charge on any atom is -0.386 e. The first-order chi connectivity index (χ1) is 6.70. The average Bonchev–Trinajstić information content (AvgIpc) is 2.16. The lowest BCUT2D eigenvalue weighted by Gasteiger charge is -2.12. The second-order valence-corrected chi connectivity index (χ2v) is 3.17. The molecule has 0 aromatic heterocycles. The minimum absolute atomic E-state index is 0.176. The quantitative estimate of drug-likeness (QED) is 0.536. The van der Waals surface area contributed by atoms with Crippen molar-refractivity contribution >= 4 is 0 Å². The number of allylic oxidation sites excluding steroid dienone is 4. The first-order valence-electron chi connectivity index (χ1n) is 4.95. The van der Waals surface area contributed by atoms with Crippen molar-refractivity contribution in [2.24, 2.45) is 11.5 Å². The molecule has 0 bridgehead atoms. The van der Waals surface area contributed by atoms with Gasteiger partial charge in [0.25, 0.3) is 0 Å². The third-order valence-electron chi connectivity index (χ3n) is 1.75. The van der Waals surface area contributed by atoms with Crippen LogP contribution in [-0.4, -0.2) is 12.6 Å². The molecule has 80 valence electrons. The van der Waals surface area contributed by atoms with Crippen molar-refractivity contribution in [2.75, 3.05) is 6.54 Å². The highest BCUT2D eigenvalue weighted by Crippen LogP contribution is 1.91. The Morgan fingerprint density at radius 1 is 1.50 bits per heavy atom. The molecule has 0 aromatic rings. The summed E-state index contributed by atoms with van der Waals surface area (Å²) in [5.74, 6) is 0.634. The Morgan fingerprint density at radius 3 is 2.79 bits per heavy atom. The third kappa shape index (κ3) is 7.43. The van der Waals surface area contributed by atoms with Crippen molar-refractivity contribution in [3.63, 3.8) is 0 Å². The fourth-order valence-corrected chi connectivity index (χ4v) is 1.02. The predicted molar refractivity (Wildman–Crippen MR) is 62.5 cm³/mol. The molecule has 0 rings (SSSR count). The molecule has 0 heterocycles. The van der Waals surface area contributed by atoms with Crippen LogP contribution in [0.5, 0.6) is 0 Å². The van der Waals surface area contributed by atoms with Gasteiger partial charge in [-0.25, -0.2) is 0 Å². The largest absolute Gasteiger partial charge is 0.386 e. The van der Waals surface area contributed by atoms with E-state index in [0.717, 1.165) is 19.4 Å². The van der Waals surface area contributed by atoms with Gasteiger partial charge in [0.05, 0.1) is 5.82 Å². The normalized spacial score (nSPS) is 14.3. The highest BCUT2D eigenvalue weighted by molar-refractivity contribution is 5.12. The van der Waals surface area contributed by atoms with Crippen molar-refractivity contribution in [1.82, 2.24) is 5.32 Å². The molecule has 3 nitrogen and oxygen atoms in total. The van der Waals surface area contributed by atoms with E-state index in [0.29, 0.717) is 5.82 Å². The lowest BCUT2D eigenvalue weighted by Crippen LogP contribution is -2.35. The van der Waals surface area contributed by atoms with E-state index >= 15 is 0 Å². The Balaban J connectivity index is 3.71. The first-order valence-corrected chi connectivity index (χ1v) is 4.95. The molecule has 0 aliphatic heterocycles. The van der Waals surface area contributed by atoms with E-state index in [1.54, 1.807) is 12.2 Å². The monoisotopic (exact) mass is 195 g/mol. The molecule has 0 aliphatic carbocycles. The smallest absolute Gasteiger partial charge is 0.0960 e. The van der Waals surface area contributed by atoms with Crippen LogP contribution in [0.15, 0.2) is 36.7 Å². The van der Waals surface area contributed by atoms with Gasteiger partial charge in [0.2, 0.25) is 0 Å². The molecule has 3 heteroatoms. The van der Waals surface area contributed by atoms with Gasteiger partial charge in [-0.2, -0.15) is 0 Å². The average molecular weight is 195 g/mol. The topological polar surface area (TPSA) is 64.1 Å². The van der Waals surface area contributed by atoms with Crippen LogP contribution in [0.4, 0.5) is 0 Å². The van der Waals surface area contributed by atoms with Crippen LogP contribution in [0.2, 0.25) is 0 Å². The van der Waals surface area contributed by atoms with E-state index < -0.39 is 0 Å². The van der Waals surface area contributed by atoms with E-state index in [4.69, 9.17) is 11.5 Å². The van der Waals surface area contributed by atoms with Gasteiger partial charge < -0.3 is 16.8 Å². The Hall–Kier alpha value is -1.22. The maximum Gasteiger partial charge on any atom is 0.0960 e. The summed E-state index contributed by atoms with van der Waals surface area (Å²) in [7, 11) is 0. The van der Waals surface area contributed by atoms with Crippen LogP contribution in [0.3, 0.4) is 0 Å². The summed E-state index contributed by atoms with van der Waals surface area (Å²) in [4.78, 5) is 0. The molecule has 0 amide bonds. The van der Waals surface area contributed by atoms with Crippen LogP contribution < -0.4 is 16.8 Å². The molecule has 0 fully saturated rings. The number of hydrogen-bond donors (Lipinski definition) is 3. The molecule has 0 saturated heterocycles. The summed E-state index contributed by atoms with van der Waals surface area (Å²) < 4.78 is 0. The number of rotatable bonds is 7. The lowest BCUT2D eigenvalue weighted by atomic mass is 10.2. The lowest BCUT2D eigenvalue weighted by molar-refractivity contribution is 0.568. The summed E-state index contributed by atoms with van der Waals surface area (Å²) in [5.41, 5.74) is 11.5. The van der Waals surface area contributed by atoms with Crippen molar-refractivity contribution in [3.05, 3.63) is 36.7 Å². The van der Waals surface area contributed by atoms with Crippen molar-refractivity contribution in [3.8, 4) is 0 Å². The maximum absolute atomic E-state index is 5.81. The Labute approximate surface area is 86.5 Å². The zero-order valence-electron chi connectivity index (χ0n) is 8.87. The Bertz CT molecular complexity index is 207. The van der Waals surface area contributed by atoms with Gasteiger partial charge >= 0.3 is 0 Å². The molecule has 0 saturated carbocycles. The fraction of sp³-hybridized carbons (Fsp3) is 0.455. The van der Waals surface area contributed by atoms with Gasteiger partial charge in [-0.05, 0) is 12.5 Å². The SMILES string of the molecule is C=C/C=C\C=C(/N)NC[C@@H](N)CCC. The summed E-state index contributed by atoms with van der Waals surface area (Å²) in [6, 6.07) is 0.176.